The fourth-order valence-electron chi connectivity index (χ4n) is 1.49. The van der Waals surface area contributed by atoms with Gasteiger partial charge in [0.15, 0.2) is 5.76 Å². The Balaban J connectivity index is 2.85. The number of rotatable bonds is 4. The maximum atomic E-state index is 11.7. The second-order valence-corrected chi connectivity index (χ2v) is 3.22. The molecule has 1 aliphatic heterocycles. The van der Waals surface area contributed by atoms with Crippen molar-refractivity contribution in [3.63, 3.8) is 0 Å². The standard InChI is InChI=1S/C11H14N2O3/c1-4-6-12-10(14)8-7-13(5-2)11(15)9(8)16-3/h1H,5-7H2,2-3H3,(H,12,14). The summed E-state index contributed by atoms with van der Waals surface area (Å²) in [6, 6.07) is 0. The molecule has 16 heavy (non-hydrogen) atoms. The van der Waals surface area contributed by atoms with Gasteiger partial charge in [-0.15, -0.1) is 6.42 Å². The number of nitrogens with zero attached hydrogens (tertiary/aromatic N) is 1. The molecular formula is C11H14N2O3. The summed E-state index contributed by atoms with van der Waals surface area (Å²) in [5, 5.41) is 2.51. The van der Waals surface area contributed by atoms with Gasteiger partial charge in [-0.05, 0) is 6.92 Å². The van der Waals surface area contributed by atoms with Gasteiger partial charge < -0.3 is 15.0 Å². The lowest BCUT2D eigenvalue weighted by Crippen LogP contribution is -2.30. The van der Waals surface area contributed by atoms with E-state index in [4.69, 9.17) is 11.2 Å². The molecule has 5 nitrogen and oxygen atoms in total. The van der Waals surface area contributed by atoms with Crippen LogP contribution in [-0.4, -0.2) is 43.5 Å². The molecule has 1 N–H and O–H groups in total. The number of ether oxygens (including phenoxy) is 1. The molecule has 1 heterocycles. The zero-order valence-corrected chi connectivity index (χ0v) is 9.37. The SMILES string of the molecule is C#CCNC(=O)C1=C(OC)C(=O)N(CC)C1. The minimum absolute atomic E-state index is 0.108. The zero-order chi connectivity index (χ0) is 12.1. The Hall–Kier alpha value is -1.96. The van der Waals surface area contributed by atoms with Crippen LogP contribution in [0.2, 0.25) is 0 Å². The summed E-state index contributed by atoms with van der Waals surface area (Å²) in [7, 11) is 1.38. The molecule has 0 aromatic carbocycles. The van der Waals surface area contributed by atoms with Crippen LogP contribution in [-0.2, 0) is 14.3 Å². The van der Waals surface area contributed by atoms with Crippen LogP contribution < -0.4 is 5.32 Å². The van der Waals surface area contributed by atoms with E-state index in [0.29, 0.717) is 12.1 Å². The van der Waals surface area contributed by atoms with Crippen molar-refractivity contribution in [2.24, 2.45) is 0 Å². The van der Waals surface area contributed by atoms with Crippen molar-refractivity contribution < 1.29 is 14.3 Å². The number of methoxy groups -OCH3 is 1. The molecule has 0 saturated heterocycles. The van der Waals surface area contributed by atoms with Gasteiger partial charge in [0, 0.05) is 6.54 Å². The van der Waals surface area contributed by atoms with Gasteiger partial charge in [-0.2, -0.15) is 0 Å². The number of carbonyl (C=O) groups excluding carboxylic acids is 2. The van der Waals surface area contributed by atoms with Gasteiger partial charge >= 0.3 is 0 Å². The van der Waals surface area contributed by atoms with Crippen molar-refractivity contribution in [3.8, 4) is 12.3 Å². The number of hydrogen-bond acceptors (Lipinski definition) is 3. The van der Waals surface area contributed by atoms with Gasteiger partial charge in [-0.1, -0.05) is 5.92 Å². The van der Waals surface area contributed by atoms with Crippen LogP contribution in [0.5, 0.6) is 0 Å². The van der Waals surface area contributed by atoms with Crippen LogP contribution in [0.15, 0.2) is 11.3 Å². The van der Waals surface area contributed by atoms with Crippen molar-refractivity contribution in [3.05, 3.63) is 11.3 Å². The molecule has 0 saturated carbocycles. The first kappa shape index (κ1) is 12.1. The molecule has 0 radical (unpaired) electrons. The molecule has 1 rings (SSSR count). The molecule has 2 amide bonds. The highest BCUT2D eigenvalue weighted by molar-refractivity contribution is 6.07. The second-order valence-electron chi connectivity index (χ2n) is 3.22. The summed E-state index contributed by atoms with van der Waals surface area (Å²) in [6.45, 7) is 2.79. The second kappa shape index (κ2) is 5.21. The smallest absolute Gasteiger partial charge is 0.289 e. The summed E-state index contributed by atoms with van der Waals surface area (Å²) in [5.74, 6) is 1.80. The predicted octanol–water partition coefficient (Wildman–Crippen LogP) is -0.502. The molecule has 0 aliphatic carbocycles. The first-order valence-corrected chi connectivity index (χ1v) is 4.93. The summed E-state index contributed by atoms with van der Waals surface area (Å²) < 4.78 is 4.95. The normalized spacial score (nSPS) is 15.1. The predicted molar refractivity (Wildman–Crippen MR) is 58.1 cm³/mol. The highest BCUT2D eigenvalue weighted by Crippen LogP contribution is 2.19. The van der Waals surface area contributed by atoms with E-state index in [0.717, 1.165) is 0 Å². The summed E-state index contributed by atoms with van der Waals surface area (Å²) in [5.41, 5.74) is 0.338. The Bertz CT molecular complexity index is 379. The van der Waals surface area contributed by atoms with E-state index in [2.05, 4.69) is 11.2 Å². The first-order chi connectivity index (χ1) is 7.65. The highest BCUT2D eigenvalue weighted by atomic mass is 16.5. The van der Waals surface area contributed by atoms with Crippen LogP contribution in [0.4, 0.5) is 0 Å². The molecule has 0 aromatic heterocycles. The van der Waals surface area contributed by atoms with Crippen molar-refractivity contribution in [1.82, 2.24) is 10.2 Å². The van der Waals surface area contributed by atoms with E-state index in [1.807, 2.05) is 6.92 Å². The zero-order valence-electron chi connectivity index (χ0n) is 9.37. The molecule has 0 unspecified atom stereocenters. The Morgan fingerprint density at radius 1 is 1.69 bits per heavy atom. The van der Waals surface area contributed by atoms with Gasteiger partial charge in [0.25, 0.3) is 11.8 Å². The Kier molecular flexibility index (Phi) is 3.95. The lowest BCUT2D eigenvalue weighted by molar-refractivity contribution is -0.128. The van der Waals surface area contributed by atoms with Crippen LogP contribution in [0.25, 0.3) is 0 Å². The number of amides is 2. The molecule has 0 aromatic rings. The van der Waals surface area contributed by atoms with E-state index < -0.39 is 0 Å². The highest BCUT2D eigenvalue weighted by Gasteiger charge is 2.33. The maximum Gasteiger partial charge on any atom is 0.289 e. The van der Waals surface area contributed by atoms with Crippen LogP contribution in [0, 0.1) is 12.3 Å². The van der Waals surface area contributed by atoms with Crippen molar-refractivity contribution in [2.45, 2.75) is 6.92 Å². The monoisotopic (exact) mass is 222 g/mol. The Morgan fingerprint density at radius 3 is 2.88 bits per heavy atom. The first-order valence-electron chi connectivity index (χ1n) is 4.93. The Morgan fingerprint density at radius 2 is 2.38 bits per heavy atom. The van der Waals surface area contributed by atoms with Gasteiger partial charge in [0.1, 0.15) is 0 Å². The Labute approximate surface area is 94.4 Å². The molecule has 0 fully saturated rings. The molecule has 5 heteroatoms. The number of carbonyl (C=O) groups is 2. The van der Waals surface area contributed by atoms with Gasteiger partial charge in [-0.25, -0.2) is 0 Å². The molecule has 86 valence electrons. The third kappa shape index (κ3) is 2.16. The number of nitrogens with one attached hydrogen (secondary N) is 1. The van der Waals surface area contributed by atoms with Crippen LogP contribution >= 0.6 is 0 Å². The van der Waals surface area contributed by atoms with Crippen molar-refractivity contribution in [1.29, 1.82) is 0 Å². The van der Waals surface area contributed by atoms with E-state index >= 15 is 0 Å². The maximum absolute atomic E-state index is 11.7. The molecule has 0 spiro atoms. The lowest BCUT2D eigenvalue weighted by atomic mass is 10.2. The summed E-state index contributed by atoms with van der Waals surface area (Å²) >= 11 is 0. The summed E-state index contributed by atoms with van der Waals surface area (Å²) in [4.78, 5) is 24.9. The molecular weight excluding hydrogens is 208 g/mol. The van der Waals surface area contributed by atoms with Crippen LogP contribution in [0.3, 0.4) is 0 Å². The van der Waals surface area contributed by atoms with Gasteiger partial charge in [-0.3, -0.25) is 9.59 Å². The van der Waals surface area contributed by atoms with E-state index in [-0.39, 0.29) is 30.7 Å². The quantitative estimate of drug-likeness (QED) is 0.652. The topological polar surface area (TPSA) is 58.6 Å². The van der Waals surface area contributed by atoms with E-state index in [1.165, 1.54) is 12.0 Å². The lowest BCUT2D eigenvalue weighted by Gasteiger charge is -2.12. The fourth-order valence-corrected chi connectivity index (χ4v) is 1.49. The number of hydrogen-bond donors (Lipinski definition) is 1. The fraction of sp³-hybridized carbons (Fsp3) is 0.455. The largest absolute Gasteiger partial charge is 0.491 e. The molecule has 0 atom stereocenters. The minimum atomic E-state index is -0.348. The third-order valence-electron chi connectivity index (χ3n) is 2.32. The van der Waals surface area contributed by atoms with E-state index in [1.54, 1.807) is 0 Å². The average Bonchev–Trinajstić information content (AvgIpc) is 2.62. The number of likely N-dealkylation sites (N-methyl/N-ethyl adjacent to an activating group) is 1. The minimum Gasteiger partial charge on any atom is -0.491 e. The van der Waals surface area contributed by atoms with Crippen molar-refractivity contribution >= 4 is 11.8 Å². The van der Waals surface area contributed by atoms with Gasteiger partial charge in [0.2, 0.25) is 0 Å². The van der Waals surface area contributed by atoms with Crippen molar-refractivity contribution in [2.75, 3.05) is 26.7 Å². The summed E-state index contributed by atoms with van der Waals surface area (Å²) in [6.07, 6.45) is 5.03. The average molecular weight is 222 g/mol. The van der Waals surface area contributed by atoms with E-state index in [9.17, 15) is 9.59 Å². The molecule has 1 aliphatic rings. The van der Waals surface area contributed by atoms with Crippen LogP contribution in [0.1, 0.15) is 6.92 Å². The molecule has 0 bridgehead atoms. The number of terminal acetylenes is 1. The van der Waals surface area contributed by atoms with Gasteiger partial charge in [0.05, 0.1) is 25.8 Å². The third-order valence-corrected chi connectivity index (χ3v) is 2.32.